The molecule has 6 heteroatoms. The molecule has 0 aliphatic rings. The summed E-state index contributed by atoms with van der Waals surface area (Å²) < 4.78 is 5.17. The molecule has 0 saturated heterocycles. The predicted octanol–water partition coefficient (Wildman–Crippen LogP) is 1.40. The van der Waals surface area contributed by atoms with Gasteiger partial charge in [-0.1, -0.05) is 12.2 Å². The molecule has 0 aliphatic heterocycles. The lowest BCUT2D eigenvalue weighted by molar-refractivity contribution is -0.118. The van der Waals surface area contributed by atoms with Gasteiger partial charge in [0.2, 0.25) is 5.91 Å². The predicted molar refractivity (Wildman–Crippen MR) is 80.4 cm³/mol. The molecule has 1 aromatic carbocycles. The van der Waals surface area contributed by atoms with E-state index in [1.54, 1.807) is 25.3 Å². The minimum Gasteiger partial charge on any atom is -0.497 e. The molecule has 5 N–H and O–H groups in total. The Bertz CT molecular complexity index is 501. The molecule has 0 fully saturated rings. The molecule has 1 aromatic rings. The number of hydrogen-bond acceptors (Lipinski definition) is 4. The second-order valence-electron chi connectivity index (χ2n) is 4.93. The van der Waals surface area contributed by atoms with Crippen molar-refractivity contribution in [2.24, 2.45) is 11.5 Å². The fourth-order valence-corrected chi connectivity index (χ4v) is 1.99. The van der Waals surface area contributed by atoms with Crippen molar-refractivity contribution in [2.75, 3.05) is 12.4 Å². The zero-order valence-electron chi connectivity index (χ0n) is 11.3. The smallest absolute Gasteiger partial charge is 0.219 e. The van der Waals surface area contributed by atoms with E-state index in [0.29, 0.717) is 11.3 Å². The second kappa shape index (κ2) is 5.88. The number of ether oxygens (including phenoxy) is 1. The molecule has 1 rings (SSSR count). The second-order valence-corrected chi connectivity index (χ2v) is 5.37. The Hall–Kier alpha value is -1.82. The van der Waals surface area contributed by atoms with Crippen LogP contribution in [0.2, 0.25) is 0 Å². The number of nitrogens with two attached hydrogens (primary N) is 2. The van der Waals surface area contributed by atoms with E-state index in [2.05, 4.69) is 5.32 Å². The van der Waals surface area contributed by atoms with Crippen molar-refractivity contribution in [3.05, 3.63) is 23.8 Å². The van der Waals surface area contributed by atoms with E-state index >= 15 is 0 Å². The van der Waals surface area contributed by atoms with Crippen molar-refractivity contribution in [3.8, 4) is 5.75 Å². The summed E-state index contributed by atoms with van der Waals surface area (Å²) in [5, 5.41) is 3.23. The van der Waals surface area contributed by atoms with Gasteiger partial charge in [0.15, 0.2) is 0 Å². The summed E-state index contributed by atoms with van der Waals surface area (Å²) in [5.41, 5.74) is 11.8. The molecule has 5 nitrogen and oxygen atoms in total. The number of rotatable bonds is 6. The molecule has 0 radical (unpaired) electrons. The van der Waals surface area contributed by atoms with Gasteiger partial charge in [0.1, 0.15) is 10.7 Å². The third-order valence-electron chi connectivity index (χ3n) is 2.58. The number of carbonyl (C=O) groups excluding carboxylic acids is 1. The SMILES string of the molecule is COc1ccc(C(N)=S)c(NC(C)(C)CC(N)=O)c1. The molecule has 0 unspecified atom stereocenters. The minimum atomic E-state index is -0.502. The number of amides is 1. The van der Waals surface area contributed by atoms with Crippen molar-refractivity contribution in [2.45, 2.75) is 25.8 Å². The third kappa shape index (κ3) is 4.40. The van der Waals surface area contributed by atoms with Crippen molar-refractivity contribution < 1.29 is 9.53 Å². The summed E-state index contributed by atoms with van der Waals surface area (Å²) in [6, 6.07) is 5.35. The number of benzene rings is 1. The molecule has 0 spiro atoms. The fourth-order valence-electron chi connectivity index (χ4n) is 1.81. The van der Waals surface area contributed by atoms with E-state index in [0.717, 1.165) is 5.69 Å². The molecule has 0 bridgehead atoms. The van der Waals surface area contributed by atoms with Gasteiger partial charge in [0.25, 0.3) is 0 Å². The van der Waals surface area contributed by atoms with Crippen LogP contribution in [0.25, 0.3) is 0 Å². The first-order valence-corrected chi connectivity index (χ1v) is 6.20. The molecule has 0 saturated carbocycles. The Kier molecular flexibility index (Phi) is 4.72. The van der Waals surface area contributed by atoms with E-state index in [-0.39, 0.29) is 17.3 Å². The lowest BCUT2D eigenvalue weighted by Gasteiger charge is -2.27. The summed E-state index contributed by atoms with van der Waals surface area (Å²) in [5.74, 6) is 0.301. The van der Waals surface area contributed by atoms with Gasteiger partial charge in [-0.2, -0.15) is 0 Å². The topological polar surface area (TPSA) is 90.4 Å². The van der Waals surface area contributed by atoms with Gasteiger partial charge < -0.3 is 21.5 Å². The van der Waals surface area contributed by atoms with Crippen LogP contribution >= 0.6 is 12.2 Å². The van der Waals surface area contributed by atoms with E-state index in [1.807, 2.05) is 13.8 Å². The first kappa shape index (κ1) is 15.2. The number of hydrogen-bond donors (Lipinski definition) is 3. The quantitative estimate of drug-likeness (QED) is 0.686. The van der Waals surface area contributed by atoms with E-state index in [1.165, 1.54) is 0 Å². The van der Waals surface area contributed by atoms with E-state index in [9.17, 15) is 4.79 Å². The molecular weight excluding hydrogens is 262 g/mol. The monoisotopic (exact) mass is 281 g/mol. The number of methoxy groups -OCH3 is 1. The average Bonchev–Trinajstić information content (AvgIpc) is 2.25. The highest BCUT2D eigenvalue weighted by Crippen LogP contribution is 2.26. The average molecular weight is 281 g/mol. The Balaban J connectivity index is 3.10. The minimum absolute atomic E-state index is 0.195. The highest BCUT2D eigenvalue weighted by atomic mass is 32.1. The molecule has 0 atom stereocenters. The van der Waals surface area contributed by atoms with Crippen LogP contribution in [0.1, 0.15) is 25.8 Å². The zero-order chi connectivity index (χ0) is 14.6. The van der Waals surface area contributed by atoms with Crippen LogP contribution < -0.4 is 21.5 Å². The lowest BCUT2D eigenvalue weighted by Crippen LogP contribution is -2.36. The summed E-state index contributed by atoms with van der Waals surface area (Å²) in [6.45, 7) is 3.75. The number of anilines is 1. The highest BCUT2D eigenvalue weighted by Gasteiger charge is 2.22. The van der Waals surface area contributed by atoms with Crippen LogP contribution in [0.4, 0.5) is 5.69 Å². The maximum Gasteiger partial charge on any atom is 0.219 e. The normalized spacial score (nSPS) is 10.9. The summed E-state index contributed by atoms with van der Waals surface area (Å²) in [6.07, 6.45) is 0.195. The van der Waals surface area contributed by atoms with Crippen molar-refractivity contribution in [3.63, 3.8) is 0 Å². The molecule has 0 heterocycles. The Labute approximate surface area is 118 Å². The number of thiocarbonyl (C=S) groups is 1. The van der Waals surface area contributed by atoms with Crippen molar-refractivity contribution in [1.29, 1.82) is 0 Å². The number of carbonyl (C=O) groups is 1. The van der Waals surface area contributed by atoms with Gasteiger partial charge in [-0.25, -0.2) is 0 Å². The molecule has 104 valence electrons. The highest BCUT2D eigenvalue weighted by molar-refractivity contribution is 7.80. The van der Waals surface area contributed by atoms with Gasteiger partial charge in [0, 0.05) is 29.3 Å². The van der Waals surface area contributed by atoms with E-state index < -0.39 is 5.54 Å². The molecule has 19 heavy (non-hydrogen) atoms. The Morgan fingerprint density at radius 2 is 2.05 bits per heavy atom. The molecule has 0 aliphatic carbocycles. The van der Waals surface area contributed by atoms with Crippen LogP contribution in [0.5, 0.6) is 5.75 Å². The standard InChI is InChI=1S/C13H19N3O2S/c1-13(2,7-11(14)17)16-10-6-8(18-3)4-5-9(10)12(15)19/h4-6,16H,7H2,1-3H3,(H2,14,17)(H2,15,19). The van der Waals surface area contributed by atoms with Gasteiger partial charge in [0.05, 0.1) is 7.11 Å². The van der Waals surface area contributed by atoms with Gasteiger partial charge in [-0.15, -0.1) is 0 Å². The van der Waals surface area contributed by atoms with Crippen LogP contribution in [0.3, 0.4) is 0 Å². The summed E-state index contributed by atoms with van der Waals surface area (Å²) >= 11 is 5.01. The summed E-state index contributed by atoms with van der Waals surface area (Å²) in [4.78, 5) is 11.3. The Morgan fingerprint density at radius 1 is 1.42 bits per heavy atom. The summed E-state index contributed by atoms with van der Waals surface area (Å²) in [7, 11) is 1.58. The maximum absolute atomic E-state index is 11.1. The molecule has 0 aromatic heterocycles. The fraction of sp³-hybridized carbons (Fsp3) is 0.385. The van der Waals surface area contributed by atoms with Crippen LogP contribution in [0, 0.1) is 0 Å². The number of primary amides is 1. The van der Waals surface area contributed by atoms with Crippen LogP contribution in [0.15, 0.2) is 18.2 Å². The number of nitrogens with one attached hydrogen (secondary N) is 1. The third-order valence-corrected chi connectivity index (χ3v) is 2.80. The van der Waals surface area contributed by atoms with Gasteiger partial charge >= 0.3 is 0 Å². The Morgan fingerprint density at radius 3 is 2.53 bits per heavy atom. The molecule has 1 amide bonds. The molecular formula is C13H19N3O2S. The van der Waals surface area contributed by atoms with E-state index in [4.69, 9.17) is 28.4 Å². The zero-order valence-corrected chi connectivity index (χ0v) is 12.1. The van der Waals surface area contributed by atoms with Crippen LogP contribution in [-0.4, -0.2) is 23.5 Å². The van der Waals surface area contributed by atoms with Gasteiger partial charge in [-0.05, 0) is 26.0 Å². The van der Waals surface area contributed by atoms with Gasteiger partial charge in [-0.3, -0.25) is 4.79 Å². The first-order valence-electron chi connectivity index (χ1n) is 5.79. The largest absolute Gasteiger partial charge is 0.497 e. The maximum atomic E-state index is 11.1. The van der Waals surface area contributed by atoms with Crippen LogP contribution in [-0.2, 0) is 4.79 Å². The van der Waals surface area contributed by atoms with Crippen molar-refractivity contribution in [1.82, 2.24) is 0 Å². The van der Waals surface area contributed by atoms with Crippen molar-refractivity contribution >= 4 is 28.8 Å². The lowest BCUT2D eigenvalue weighted by atomic mass is 9.99. The first-order chi connectivity index (χ1) is 8.75.